The third-order valence-electron chi connectivity index (χ3n) is 2.92. The molecule has 0 saturated carbocycles. The van der Waals surface area contributed by atoms with Gasteiger partial charge in [-0.25, -0.2) is 0 Å². The summed E-state index contributed by atoms with van der Waals surface area (Å²) < 4.78 is 5.03. The Morgan fingerprint density at radius 2 is 2.53 bits per heavy atom. The first kappa shape index (κ1) is 10.2. The van der Waals surface area contributed by atoms with Gasteiger partial charge in [0.1, 0.15) is 0 Å². The van der Waals surface area contributed by atoms with Crippen molar-refractivity contribution in [2.45, 2.75) is 25.3 Å². The number of hydrogen-bond donors (Lipinski definition) is 2. The van der Waals surface area contributed by atoms with Crippen LogP contribution < -0.4 is 5.32 Å². The molecule has 2 rings (SSSR count). The number of carboxylic acid groups (broad SMARTS) is 1. The quantitative estimate of drug-likeness (QED) is 0.796. The minimum atomic E-state index is -0.701. The molecule has 1 saturated heterocycles. The highest BCUT2D eigenvalue weighted by atomic mass is 16.4. The highest BCUT2D eigenvalue weighted by molar-refractivity contribution is 5.67. The first-order valence-electron chi connectivity index (χ1n) is 5.23. The van der Waals surface area contributed by atoms with E-state index in [1.807, 2.05) is 6.07 Å². The Morgan fingerprint density at radius 3 is 3.20 bits per heavy atom. The van der Waals surface area contributed by atoms with Crippen LogP contribution in [0.4, 0.5) is 0 Å². The second-order valence-electron chi connectivity index (χ2n) is 4.05. The van der Waals surface area contributed by atoms with E-state index in [0.29, 0.717) is 0 Å². The molecule has 1 aliphatic rings. The lowest BCUT2D eigenvalue weighted by Gasteiger charge is -2.28. The summed E-state index contributed by atoms with van der Waals surface area (Å²) in [6, 6.07) is 2.18. The van der Waals surface area contributed by atoms with Crippen LogP contribution in [-0.4, -0.2) is 17.6 Å². The van der Waals surface area contributed by atoms with Gasteiger partial charge in [-0.2, -0.15) is 0 Å². The van der Waals surface area contributed by atoms with Gasteiger partial charge in [-0.05, 0) is 31.4 Å². The van der Waals surface area contributed by atoms with E-state index in [-0.39, 0.29) is 18.4 Å². The largest absolute Gasteiger partial charge is 0.481 e. The number of furan rings is 1. The van der Waals surface area contributed by atoms with Gasteiger partial charge in [0.15, 0.2) is 0 Å². The Morgan fingerprint density at radius 1 is 1.67 bits per heavy atom. The van der Waals surface area contributed by atoms with E-state index >= 15 is 0 Å². The molecule has 2 heterocycles. The lowest BCUT2D eigenvalue weighted by Crippen LogP contribution is -2.32. The van der Waals surface area contributed by atoms with E-state index in [9.17, 15) is 4.79 Å². The molecule has 0 spiro atoms. The lowest BCUT2D eigenvalue weighted by molar-refractivity contribution is -0.138. The standard InChI is InChI=1S/C11H15NO3/c13-11(14)6-8-1-3-12-10(5-8)9-2-4-15-7-9/h2,4,7-8,10,12H,1,3,5-6H2,(H,13,14). The number of carbonyl (C=O) groups is 1. The van der Waals surface area contributed by atoms with Gasteiger partial charge < -0.3 is 14.8 Å². The van der Waals surface area contributed by atoms with Crippen LogP contribution in [0.2, 0.25) is 0 Å². The average molecular weight is 209 g/mol. The smallest absolute Gasteiger partial charge is 0.303 e. The summed E-state index contributed by atoms with van der Waals surface area (Å²) in [5, 5.41) is 12.1. The van der Waals surface area contributed by atoms with Crippen molar-refractivity contribution < 1.29 is 14.3 Å². The Hall–Kier alpha value is -1.29. The first-order chi connectivity index (χ1) is 7.25. The number of aliphatic carboxylic acids is 1. The van der Waals surface area contributed by atoms with Crippen molar-refractivity contribution in [2.75, 3.05) is 6.54 Å². The number of carboxylic acids is 1. The Kier molecular flexibility index (Phi) is 3.06. The third-order valence-corrected chi connectivity index (χ3v) is 2.92. The van der Waals surface area contributed by atoms with Crippen molar-refractivity contribution in [1.29, 1.82) is 0 Å². The molecule has 1 aliphatic heterocycles. The SMILES string of the molecule is O=C(O)CC1CCNC(c2ccoc2)C1. The van der Waals surface area contributed by atoms with E-state index in [4.69, 9.17) is 9.52 Å². The van der Waals surface area contributed by atoms with Gasteiger partial charge >= 0.3 is 5.97 Å². The zero-order valence-electron chi connectivity index (χ0n) is 8.48. The van der Waals surface area contributed by atoms with Crippen LogP contribution in [0.25, 0.3) is 0 Å². The van der Waals surface area contributed by atoms with Crippen LogP contribution >= 0.6 is 0 Å². The van der Waals surface area contributed by atoms with Crippen LogP contribution in [0.15, 0.2) is 23.0 Å². The van der Waals surface area contributed by atoms with Crippen molar-refractivity contribution in [3.05, 3.63) is 24.2 Å². The fraction of sp³-hybridized carbons (Fsp3) is 0.545. The topological polar surface area (TPSA) is 62.5 Å². The number of rotatable bonds is 3. The van der Waals surface area contributed by atoms with E-state index in [1.54, 1.807) is 12.5 Å². The van der Waals surface area contributed by atoms with Crippen LogP contribution in [0.5, 0.6) is 0 Å². The third kappa shape index (κ3) is 2.59. The molecule has 4 heteroatoms. The summed E-state index contributed by atoms with van der Waals surface area (Å²) in [6.45, 7) is 0.883. The molecule has 2 unspecified atom stereocenters. The lowest BCUT2D eigenvalue weighted by atomic mass is 9.87. The van der Waals surface area contributed by atoms with E-state index in [2.05, 4.69) is 5.32 Å². The minimum absolute atomic E-state index is 0.252. The summed E-state index contributed by atoms with van der Waals surface area (Å²) in [4.78, 5) is 10.6. The zero-order valence-corrected chi connectivity index (χ0v) is 8.48. The van der Waals surface area contributed by atoms with E-state index in [0.717, 1.165) is 24.9 Å². The minimum Gasteiger partial charge on any atom is -0.481 e. The fourth-order valence-electron chi connectivity index (χ4n) is 2.16. The van der Waals surface area contributed by atoms with Crippen LogP contribution in [0, 0.1) is 5.92 Å². The van der Waals surface area contributed by atoms with Crippen molar-refractivity contribution >= 4 is 5.97 Å². The molecule has 0 radical (unpaired) electrons. The monoisotopic (exact) mass is 209 g/mol. The van der Waals surface area contributed by atoms with Gasteiger partial charge in [-0.1, -0.05) is 0 Å². The van der Waals surface area contributed by atoms with Gasteiger partial charge in [0.2, 0.25) is 0 Å². The van der Waals surface area contributed by atoms with Gasteiger partial charge in [-0.15, -0.1) is 0 Å². The molecule has 1 aromatic rings. The molecule has 1 fully saturated rings. The normalized spacial score (nSPS) is 26.4. The highest BCUT2D eigenvalue weighted by Gasteiger charge is 2.24. The molecule has 15 heavy (non-hydrogen) atoms. The molecule has 0 amide bonds. The Labute approximate surface area is 88.3 Å². The van der Waals surface area contributed by atoms with Crippen molar-refractivity contribution in [3.63, 3.8) is 0 Å². The maximum atomic E-state index is 10.6. The number of nitrogens with one attached hydrogen (secondary N) is 1. The Bertz CT molecular complexity index is 321. The zero-order chi connectivity index (χ0) is 10.7. The van der Waals surface area contributed by atoms with Gasteiger partial charge in [0.25, 0.3) is 0 Å². The van der Waals surface area contributed by atoms with Gasteiger partial charge in [0.05, 0.1) is 12.5 Å². The summed E-state index contributed by atoms with van der Waals surface area (Å²) >= 11 is 0. The maximum absolute atomic E-state index is 10.6. The molecule has 82 valence electrons. The summed E-state index contributed by atoms with van der Waals surface area (Å²) in [5.41, 5.74) is 1.12. The maximum Gasteiger partial charge on any atom is 0.303 e. The molecular weight excluding hydrogens is 194 g/mol. The molecule has 2 atom stereocenters. The van der Waals surface area contributed by atoms with Crippen molar-refractivity contribution in [2.24, 2.45) is 5.92 Å². The second-order valence-corrected chi connectivity index (χ2v) is 4.05. The van der Waals surface area contributed by atoms with Crippen molar-refractivity contribution in [1.82, 2.24) is 5.32 Å². The number of piperidine rings is 1. The van der Waals surface area contributed by atoms with Crippen molar-refractivity contribution in [3.8, 4) is 0 Å². The summed E-state index contributed by atoms with van der Waals surface area (Å²) in [7, 11) is 0. The summed E-state index contributed by atoms with van der Waals surface area (Å²) in [5.74, 6) is -0.420. The van der Waals surface area contributed by atoms with Gasteiger partial charge in [0, 0.05) is 18.0 Å². The molecule has 1 aromatic heterocycles. The molecule has 0 aliphatic carbocycles. The average Bonchev–Trinajstić information content (AvgIpc) is 2.69. The van der Waals surface area contributed by atoms with Crippen LogP contribution in [0.3, 0.4) is 0 Å². The van der Waals surface area contributed by atoms with Gasteiger partial charge in [-0.3, -0.25) is 4.79 Å². The Balaban J connectivity index is 1.95. The first-order valence-corrected chi connectivity index (χ1v) is 5.23. The second kappa shape index (κ2) is 4.49. The predicted molar refractivity (Wildman–Crippen MR) is 54.4 cm³/mol. The summed E-state index contributed by atoms with van der Waals surface area (Å²) in [6.07, 6.45) is 5.47. The van der Waals surface area contributed by atoms with Crippen LogP contribution in [0.1, 0.15) is 30.9 Å². The van der Waals surface area contributed by atoms with E-state index < -0.39 is 5.97 Å². The number of hydrogen-bond acceptors (Lipinski definition) is 3. The highest BCUT2D eigenvalue weighted by Crippen LogP contribution is 2.29. The fourth-order valence-corrected chi connectivity index (χ4v) is 2.16. The molecule has 4 nitrogen and oxygen atoms in total. The molecule has 0 aromatic carbocycles. The van der Waals surface area contributed by atoms with E-state index in [1.165, 1.54) is 0 Å². The molecule has 2 N–H and O–H groups in total. The van der Waals surface area contributed by atoms with Crippen LogP contribution in [-0.2, 0) is 4.79 Å². The predicted octanol–water partition coefficient (Wildman–Crippen LogP) is 1.80. The molecule has 0 bridgehead atoms. The molecular formula is C11H15NO3.